The Hall–Kier alpha value is -2.20. The molecule has 0 saturated heterocycles. The number of hydrogen-bond acceptors (Lipinski definition) is 2. The van der Waals surface area contributed by atoms with Crippen molar-refractivity contribution in [1.82, 2.24) is 4.90 Å². The summed E-state index contributed by atoms with van der Waals surface area (Å²) in [7, 11) is 0. The number of carboxylic acid groups (broad SMARTS) is 1. The Morgan fingerprint density at radius 3 is 2.67 bits per heavy atom. The van der Waals surface area contributed by atoms with Gasteiger partial charge in [-0.15, -0.1) is 0 Å². The Morgan fingerprint density at radius 1 is 1.19 bits per heavy atom. The van der Waals surface area contributed by atoms with Crippen molar-refractivity contribution >= 4 is 5.97 Å². The highest BCUT2D eigenvalue weighted by Crippen LogP contribution is 2.26. The number of aromatic carboxylic acids is 1. The SMILES string of the molecule is Cc1cc(F)ccc1CN1Cc2ccc(C(=O)O)cc2C1. The molecule has 3 nitrogen and oxygen atoms in total. The van der Waals surface area contributed by atoms with Crippen LogP contribution < -0.4 is 0 Å². The molecule has 108 valence electrons. The van der Waals surface area contributed by atoms with Gasteiger partial charge in [0.15, 0.2) is 0 Å². The van der Waals surface area contributed by atoms with Crippen LogP contribution in [0, 0.1) is 12.7 Å². The lowest BCUT2D eigenvalue weighted by Crippen LogP contribution is -2.16. The first-order chi connectivity index (χ1) is 10.0. The smallest absolute Gasteiger partial charge is 0.335 e. The molecule has 0 atom stereocenters. The second-order valence-corrected chi connectivity index (χ2v) is 5.50. The van der Waals surface area contributed by atoms with Crippen LogP contribution in [0.15, 0.2) is 36.4 Å². The number of aryl methyl sites for hydroxylation is 1. The van der Waals surface area contributed by atoms with Gasteiger partial charge < -0.3 is 5.11 Å². The highest BCUT2D eigenvalue weighted by atomic mass is 19.1. The van der Waals surface area contributed by atoms with Gasteiger partial charge in [0.05, 0.1) is 5.56 Å². The molecule has 0 bridgehead atoms. The lowest BCUT2D eigenvalue weighted by Gasteiger charge is -2.16. The number of fused-ring (bicyclic) bond motifs is 1. The molecule has 1 aliphatic heterocycles. The lowest BCUT2D eigenvalue weighted by molar-refractivity contribution is 0.0696. The fourth-order valence-electron chi connectivity index (χ4n) is 2.79. The average molecular weight is 285 g/mol. The van der Waals surface area contributed by atoms with Gasteiger partial charge in [-0.3, -0.25) is 4.90 Å². The maximum atomic E-state index is 13.1. The van der Waals surface area contributed by atoms with E-state index in [0.29, 0.717) is 5.56 Å². The van der Waals surface area contributed by atoms with Crippen LogP contribution in [0.25, 0.3) is 0 Å². The minimum Gasteiger partial charge on any atom is -0.478 e. The quantitative estimate of drug-likeness (QED) is 0.940. The minimum atomic E-state index is -0.898. The molecule has 0 spiro atoms. The third-order valence-electron chi connectivity index (χ3n) is 3.94. The van der Waals surface area contributed by atoms with E-state index in [1.165, 1.54) is 11.6 Å². The van der Waals surface area contributed by atoms with Crippen LogP contribution in [-0.4, -0.2) is 16.0 Å². The van der Waals surface area contributed by atoms with Crippen molar-refractivity contribution in [1.29, 1.82) is 0 Å². The van der Waals surface area contributed by atoms with Crippen LogP contribution in [-0.2, 0) is 19.6 Å². The van der Waals surface area contributed by atoms with Crippen LogP contribution in [0.5, 0.6) is 0 Å². The van der Waals surface area contributed by atoms with Gasteiger partial charge in [-0.1, -0.05) is 12.1 Å². The summed E-state index contributed by atoms with van der Waals surface area (Å²) in [6.07, 6.45) is 0. The fourth-order valence-corrected chi connectivity index (χ4v) is 2.79. The van der Waals surface area contributed by atoms with Crippen molar-refractivity contribution in [2.24, 2.45) is 0 Å². The van der Waals surface area contributed by atoms with E-state index in [4.69, 9.17) is 5.11 Å². The molecule has 0 radical (unpaired) electrons. The summed E-state index contributed by atoms with van der Waals surface area (Å²) in [6, 6.07) is 10.1. The highest BCUT2D eigenvalue weighted by molar-refractivity contribution is 5.87. The molecule has 0 aromatic heterocycles. The molecular formula is C17H16FNO2. The van der Waals surface area contributed by atoms with Crippen LogP contribution in [0.2, 0.25) is 0 Å². The third-order valence-corrected chi connectivity index (χ3v) is 3.94. The van der Waals surface area contributed by atoms with Gasteiger partial charge in [0.1, 0.15) is 5.82 Å². The van der Waals surface area contributed by atoms with Crippen molar-refractivity contribution in [2.75, 3.05) is 0 Å². The molecule has 4 heteroatoms. The molecule has 0 fully saturated rings. The normalized spacial score (nSPS) is 14.2. The number of halogens is 1. The summed E-state index contributed by atoms with van der Waals surface area (Å²) in [5.74, 6) is -1.11. The van der Waals surface area contributed by atoms with Crippen LogP contribution in [0.1, 0.15) is 32.6 Å². The van der Waals surface area contributed by atoms with Crippen LogP contribution >= 0.6 is 0 Å². The first-order valence-electron chi connectivity index (χ1n) is 6.85. The number of benzene rings is 2. The van der Waals surface area contributed by atoms with Gasteiger partial charge in [-0.25, -0.2) is 9.18 Å². The molecule has 0 unspecified atom stereocenters. The Balaban J connectivity index is 1.77. The third kappa shape index (κ3) is 2.81. The van der Waals surface area contributed by atoms with E-state index in [9.17, 15) is 9.18 Å². The second kappa shape index (κ2) is 5.30. The number of carbonyl (C=O) groups is 1. The highest BCUT2D eigenvalue weighted by Gasteiger charge is 2.20. The van der Waals surface area contributed by atoms with E-state index >= 15 is 0 Å². The first-order valence-corrected chi connectivity index (χ1v) is 6.85. The first kappa shape index (κ1) is 13.8. The molecule has 2 aromatic carbocycles. The standard InChI is InChI=1S/C17H16FNO2/c1-11-6-16(18)5-4-13(11)8-19-9-14-3-2-12(17(20)21)7-15(14)10-19/h2-7H,8-10H2,1H3,(H,20,21). The van der Waals surface area contributed by atoms with Crippen LogP contribution in [0.3, 0.4) is 0 Å². The Morgan fingerprint density at radius 2 is 1.95 bits per heavy atom. The fraction of sp³-hybridized carbons (Fsp3) is 0.235. The molecule has 1 aliphatic rings. The largest absolute Gasteiger partial charge is 0.478 e. The molecular weight excluding hydrogens is 269 g/mol. The van der Waals surface area contributed by atoms with Crippen molar-refractivity contribution in [3.8, 4) is 0 Å². The predicted molar refractivity (Wildman–Crippen MR) is 77.5 cm³/mol. The maximum absolute atomic E-state index is 13.1. The summed E-state index contributed by atoms with van der Waals surface area (Å²) in [4.78, 5) is 13.2. The average Bonchev–Trinajstić information content (AvgIpc) is 2.83. The minimum absolute atomic E-state index is 0.216. The lowest BCUT2D eigenvalue weighted by atomic mass is 10.1. The van der Waals surface area contributed by atoms with Crippen molar-refractivity contribution in [3.05, 3.63) is 70.0 Å². The molecule has 21 heavy (non-hydrogen) atoms. The molecule has 0 amide bonds. The van der Waals surface area contributed by atoms with Gasteiger partial charge in [0.25, 0.3) is 0 Å². The van der Waals surface area contributed by atoms with Gasteiger partial charge in [0, 0.05) is 19.6 Å². The zero-order valence-corrected chi connectivity index (χ0v) is 11.8. The van der Waals surface area contributed by atoms with Crippen molar-refractivity contribution in [3.63, 3.8) is 0 Å². The zero-order chi connectivity index (χ0) is 15.0. The van der Waals surface area contributed by atoms with Crippen LogP contribution in [0.4, 0.5) is 4.39 Å². The van der Waals surface area contributed by atoms with E-state index in [2.05, 4.69) is 4.90 Å². The van der Waals surface area contributed by atoms with Crippen molar-refractivity contribution < 1.29 is 14.3 Å². The monoisotopic (exact) mass is 285 g/mol. The van der Waals surface area contributed by atoms with Gasteiger partial charge in [-0.05, 0) is 53.4 Å². The van der Waals surface area contributed by atoms with E-state index in [1.807, 2.05) is 19.1 Å². The second-order valence-electron chi connectivity index (χ2n) is 5.50. The van der Waals surface area contributed by atoms with Gasteiger partial charge in [-0.2, -0.15) is 0 Å². The molecule has 1 N–H and O–H groups in total. The molecule has 3 rings (SSSR count). The molecule has 2 aromatic rings. The zero-order valence-electron chi connectivity index (χ0n) is 11.8. The van der Waals surface area contributed by atoms with E-state index in [0.717, 1.165) is 36.3 Å². The molecule has 0 aliphatic carbocycles. The van der Waals surface area contributed by atoms with E-state index < -0.39 is 5.97 Å². The van der Waals surface area contributed by atoms with E-state index in [1.54, 1.807) is 18.2 Å². The number of hydrogen-bond donors (Lipinski definition) is 1. The molecule has 1 heterocycles. The predicted octanol–water partition coefficient (Wildman–Crippen LogP) is 3.35. The molecule has 0 saturated carbocycles. The van der Waals surface area contributed by atoms with Crippen molar-refractivity contribution in [2.45, 2.75) is 26.6 Å². The number of carboxylic acids is 1. The maximum Gasteiger partial charge on any atom is 0.335 e. The Kier molecular flexibility index (Phi) is 3.47. The van der Waals surface area contributed by atoms with Gasteiger partial charge >= 0.3 is 5.97 Å². The van der Waals surface area contributed by atoms with Gasteiger partial charge in [0.2, 0.25) is 0 Å². The summed E-state index contributed by atoms with van der Waals surface area (Å²) >= 11 is 0. The summed E-state index contributed by atoms with van der Waals surface area (Å²) < 4.78 is 13.1. The number of nitrogens with zero attached hydrogens (tertiary/aromatic N) is 1. The summed E-state index contributed by atoms with van der Waals surface area (Å²) in [5, 5.41) is 9.03. The Bertz CT molecular complexity index is 712. The summed E-state index contributed by atoms with van der Waals surface area (Å²) in [6.45, 7) is 4.17. The summed E-state index contributed by atoms with van der Waals surface area (Å²) in [5.41, 5.74) is 4.60. The Labute approximate surface area is 122 Å². The topological polar surface area (TPSA) is 40.5 Å². The van der Waals surface area contributed by atoms with E-state index in [-0.39, 0.29) is 5.82 Å². The number of rotatable bonds is 3.